The van der Waals surface area contributed by atoms with Crippen LogP contribution in [0.1, 0.15) is 5.69 Å². The SMILES string of the molecule is CNc1cc(NCCn2nc(C)ccc2=O)ncn1. The molecule has 0 aliphatic rings. The van der Waals surface area contributed by atoms with E-state index in [0.29, 0.717) is 18.9 Å². The van der Waals surface area contributed by atoms with Crippen LogP contribution in [-0.2, 0) is 6.54 Å². The standard InChI is InChI=1S/C12H16N6O/c1-9-3-4-12(19)18(17-9)6-5-14-11-7-10(13-2)15-8-16-11/h3-4,7-8H,5-6H2,1-2H3,(H2,13,14,15,16). The van der Waals surface area contributed by atoms with Gasteiger partial charge in [-0.1, -0.05) is 0 Å². The maximum Gasteiger partial charge on any atom is 0.266 e. The summed E-state index contributed by atoms with van der Waals surface area (Å²) in [5.41, 5.74) is 0.713. The minimum absolute atomic E-state index is 0.106. The molecule has 100 valence electrons. The third-order valence-corrected chi connectivity index (χ3v) is 2.55. The van der Waals surface area contributed by atoms with Crippen molar-refractivity contribution in [3.63, 3.8) is 0 Å². The fourth-order valence-corrected chi connectivity index (χ4v) is 1.59. The summed E-state index contributed by atoms with van der Waals surface area (Å²) in [5, 5.41) is 10.2. The van der Waals surface area contributed by atoms with Crippen molar-refractivity contribution in [1.82, 2.24) is 19.7 Å². The lowest BCUT2D eigenvalue weighted by Crippen LogP contribution is -2.26. The molecular formula is C12H16N6O. The number of aromatic nitrogens is 4. The van der Waals surface area contributed by atoms with E-state index in [2.05, 4.69) is 25.7 Å². The smallest absolute Gasteiger partial charge is 0.266 e. The molecule has 0 aliphatic heterocycles. The van der Waals surface area contributed by atoms with Gasteiger partial charge in [-0.25, -0.2) is 14.6 Å². The van der Waals surface area contributed by atoms with E-state index >= 15 is 0 Å². The number of rotatable bonds is 5. The van der Waals surface area contributed by atoms with Crippen LogP contribution in [0.2, 0.25) is 0 Å². The first-order valence-electron chi connectivity index (χ1n) is 5.97. The summed E-state index contributed by atoms with van der Waals surface area (Å²) in [5.74, 6) is 1.45. The van der Waals surface area contributed by atoms with E-state index in [1.165, 1.54) is 17.1 Å². The van der Waals surface area contributed by atoms with Crippen LogP contribution < -0.4 is 16.2 Å². The summed E-state index contributed by atoms with van der Waals surface area (Å²) in [6.45, 7) is 2.91. The van der Waals surface area contributed by atoms with E-state index < -0.39 is 0 Å². The largest absolute Gasteiger partial charge is 0.373 e. The lowest BCUT2D eigenvalue weighted by Gasteiger charge is -2.08. The predicted octanol–water partition coefficient (Wildman–Crippen LogP) is 0.496. The van der Waals surface area contributed by atoms with Crippen LogP contribution in [-0.4, -0.2) is 33.3 Å². The van der Waals surface area contributed by atoms with Crippen molar-refractivity contribution >= 4 is 11.6 Å². The average molecular weight is 260 g/mol. The molecule has 2 aromatic rings. The molecule has 2 rings (SSSR count). The zero-order chi connectivity index (χ0) is 13.7. The fourth-order valence-electron chi connectivity index (χ4n) is 1.59. The van der Waals surface area contributed by atoms with Crippen LogP contribution in [0, 0.1) is 6.92 Å². The quantitative estimate of drug-likeness (QED) is 0.814. The molecule has 0 aliphatic carbocycles. The number of anilines is 2. The Balaban J connectivity index is 1.96. The minimum Gasteiger partial charge on any atom is -0.373 e. The second-order valence-electron chi connectivity index (χ2n) is 4.00. The Morgan fingerprint density at radius 1 is 1.26 bits per heavy atom. The van der Waals surface area contributed by atoms with Gasteiger partial charge in [0.1, 0.15) is 18.0 Å². The molecule has 0 unspecified atom stereocenters. The van der Waals surface area contributed by atoms with Crippen LogP contribution in [0.25, 0.3) is 0 Å². The molecule has 0 atom stereocenters. The first-order chi connectivity index (χ1) is 9.19. The van der Waals surface area contributed by atoms with Gasteiger partial charge in [0.2, 0.25) is 0 Å². The summed E-state index contributed by atoms with van der Waals surface area (Å²) < 4.78 is 1.43. The molecule has 2 heterocycles. The molecule has 0 fully saturated rings. The summed E-state index contributed by atoms with van der Waals surface area (Å²) in [7, 11) is 1.79. The van der Waals surface area contributed by atoms with Crippen molar-refractivity contribution < 1.29 is 0 Å². The molecule has 7 nitrogen and oxygen atoms in total. The first kappa shape index (κ1) is 13.0. The molecule has 2 aromatic heterocycles. The molecule has 7 heteroatoms. The summed E-state index contributed by atoms with van der Waals surface area (Å²) in [6.07, 6.45) is 1.48. The Bertz CT molecular complexity index is 609. The molecule has 19 heavy (non-hydrogen) atoms. The highest BCUT2D eigenvalue weighted by Crippen LogP contribution is 2.06. The second-order valence-corrected chi connectivity index (χ2v) is 4.00. The molecule has 0 bridgehead atoms. The van der Waals surface area contributed by atoms with Crippen molar-refractivity contribution in [2.45, 2.75) is 13.5 Å². The topological polar surface area (TPSA) is 84.7 Å². The zero-order valence-corrected chi connectivity index (χ0v) is 10.9. The Labute approximate surface area is 110 Å². The van der Waals surface area contributed by atoms with Crippen LogP contribution in [0.15, 0.2) is 29.3 Å². The summed E-state index contributed by atoms with van der Waals surface area (Å²) in [4.78, 5) is 19.7. The van der Waals surface area contributed by atoms with E-state index in [-0.39, 0.29) is 5.56 Å². The highest BCUT2D eigenvalue weighted by Gasteiger charge is 1.99. The second kappa shape index (κ2) is 5.94. The maximum absolute atomic E-state index is 11.6. The van der Waals surface area contributed by atoms with E-state index in [9.17, 15) is 4.79 Å². The van der Waals surface area contributed by atoms with Crippen LogP contribution in [0.5, 0.6) is 0 Å². The number of hydrogen-bond acceptors (Lipinski definition) is 6. The van der Waals surface area contributed by atoms with Crippen molar-refractivity contribution in [1.29, 1.82) is 0 Å². The maximum atomic E-state index is 11.6. The van der Waals surface area contributed by atoms with Gasteiger partial charge < -0.3 is 10.6 Å². The molecule has 2 N–H and O–H groups in total. The van der Waals surface area contributed by atoms with Gasteiger partial charge >= 0.3 is 0 Å². The van der Waals surface area contributed by atoms with Gasteiger partial charge in [-0.2, -0.15) is 5.10 Å². The monoisotopic (exact) mass is 260 g/mol. The van der Waals surface area contributed by atoms with Gasteiger partial charge in [-0.3, -0.25) is 4.79 Å². The predicted molar refractivity (Wildman–Crippen MR) is 73.3 cm³/mol. The van der Waals surface area contributed by atoms with E-state index in [1.807, 2.05) is 6.92 Å². The highest BCUT2D eigenvalue weighted by atomic mass is 16.1. The van der Waals surface area contributed by atoms with Gasteiger partial charge in [0.25, 0.3) is 5.56 Å². The lowest BCUT2D eigenvalue weighted by atomic mass is 10.4. The number of hydrogen-bond donors (Lipinski definition) is 2. The molecule has 0 amide bonds. The number of nitrogens with one attached hydrogen (secondary N) is 2. The normalized spacial score (nSPS) is 10.2. The third kappa shape index (κ3) is 3.51. The molecule has 0 aromatic carbocycles. The van der Waals surface area contributed by atoms with Crippen LogP contribution >= 0.6 is 0 Å². The minimum atomic E-state index is -0.106. The molecule has 0 radical (unpaired) electrons. The molecular weight excluding hydrogens is 244 g/mol. The summed E-state index contributed by atoms with van der Waals surface area (Å²) in [6, 6.07) is 5.02. The Hall–Kier alpha value is -2.44. The van der Waals surface area contributed by atoms with Crippen molar-refractivity contribution in [3.05, 3.63) is 40.6 Å². The third-order valence-electron chi connectivity index (χ3n) is 2.55. The van der Waals surface area contributed by atoms with Crippen molar-refractivity contribution in [2.75, 3.05) is 24.2 Å². The van der Waals surface area contributed by atoms with Crippen LogP contribution in [0.4, 0.5) is 11.6 Å². The Kier molecular flexibility index (Phi) is 4.07. The molecule has 0 saturated heterocycles. The van der Waals surface area contributed by atoms with Gasteiger partial charge in [0.15, 0.2) is 0 Å². The van der Waals surface area contributed by atoms with Crippen molar-refractivity contribution in [2.24, 2.45) is 0 Å². The van der Waals surface area contributed by atoms with Gasteiger partial charge in [0, 0.05) is 25.7 Å². The molecule has 0 spiro atoms. The van der Waals surface area contributed by atoms with E-state index in [0.717, 1.165) is 11.5 Å². The van der Waals surface area contributed by atoms with Crippen LogP contribution in [0.3, 0.4) is 0 Å². The Morgan fingerprint density at radius 3 is 2.84 bits per heavy atom. The average Bonchev–Trinajstić information content (AvgIpc) is 2.43. The van der Waals surface area contributed by atoms with E-state index in [4.69, 9.17) is 0 Å². The van der Waals surface area contributed by atoms with Crippen molar-refractivity contribution in [3.8, 4) is 0 Å². The van der Waals surface area contributed by atoms with Gasteiger partial charge in [0.05, 0.1) is 12.2 Å². The highest BCUT2D eigenvalue weighted by molar-refractivity contribution is 5.45. The number of aryl methyl sites for hydroxylation is 1. The lowest BCUT2D eigenvalue weighted by molar-refractivity contribution is 0.589. The van der Waals surface area contributed by atoms with E-state index in [1.54, 1.807) is 19.2 Å². The van der Waals surface area contributed by atoms with Gasteiger partial charge in [-0.05, 0) is 13.0 Å². The molecule has 0 saturated carbocycles. The first-order valence-corrected chi connectivity index (χ1v) is 5.97. The zero-order valence-electron chi connectivity index (χ0n) is 10.9. The number of nitrogens with zero attached hydrogens (tertiary/aromatic N) is 4. The fraction of sp³-hybridized carbons (Fsp3) is 0.333. The summed E-state index contributed by atoms with van der Waals surface area (Å²) >= 11 is 0. The Morgan fingerprint density at radius 2 is 2.05 bits per heavy atom. The van der Waals surface area contributed by atoms with Gasteiger partial charge in [-0.15, -0.1) is 0 Å².